The summed E-state index contributed by atoms with van der Waals surface area (Å²) in [5, 5.41) is 2.16. The molecule has 0 aliphatic rings. The van der Waals surface area contributed by atoms with Crippen LogP contribution in [0.4, 0.5) is 13.2 Å². The van der Waals surface area contributed by atoms with Gasteiger partial charge in [-0.2, -0.15) is 13.2 Å². The van der Waals surface area contributed by atoms with Crippen LogP contribution < -0.4 is 5.32 Å². The smallest absolute Gasteiger partial charge is 0.356 e. The highest BCUT2D eigenvalue weighted by molar-refractivity contribution is 6.02. The molecule has 2 aromatic carbocycles. The molecular weight excluding hydrogens is 359 g/mol. The van der Waals surface area contributed by atoms with Gasteiger partial charge in [0, 0.05) is 18.2 Å². The quantitative estimate of drug-likeness (QED) is 0.777. The number of halogens is 3. The molecule has 0 heterocycles. The summed E-state index contributed by atoms with van der Waals surface area (Å²) >= 11 is 0. The van der Waals surface area contributed by atoms with Crippen molar-refractivity contribution in [2.45, 2.75) is 31.7 Å². The number of ketones is 1. The van der Waals surface area contributed by atoms with Crippen LogP contribution in [0, 0.1) is 6.92 Å². The van der Waals surface area contributed by atoms with Crippen LogP contribution >= 0.6 is 0 Å². The lowest BCUT2D eigenvalue weighted by molar-refractivity contribution is -0.265. The average molecular weight is 379 g/mol. The third-order valence-corrected chi connectivity index (χ3v) is 4.28. The van der Waals surface area contributed by atoms with Gasteiger partial charge in [-0.05, 0) is 13.8 Å². The summed E-state index contributed by atoms with van der Waals surface area (Å²) in [7, 11) is 0.812. The standard InChI is InChI=1S/C20H20F3NO3/c1-13-9-11-15(12-10-13)17(25)14(2)24-18(26)19(27-3,20(21,22)23)16-7-5-4-6-8-16/h4-12,14H,1-3H3,(H,24,26)/t14-,19?/m0/s1. The minimum Gasteiger partial charge on any atom is -0.356 e. The van der Waals surface area contributed by atoms with Crippen LogP contribution in [0.2, 0.25) is 0 Å². The molecule has 0 radical (unpaired) electrons. The monoisotopic (exact) mass is 379 g/mol. The summed E-state index contributed by atoms with van der Waals surface area (Å²) in [6.07, 6.45) is -5.03. The maximum absolute atomic E-state index is 13.9. The lowest BCUT2D eigenvalue weighted by atomic mass is 9.91. The van der Waals surface area contributed by atoms with Crippen molar-refractivity contribution < 1.29 is 27.5 Å². The Morgan fingerprint density at radius 3 is 2.04 bits per heavy atom. The van der Waals surface area contributed by atoms with Gasteiger partial charge in [-0.15, -0.1) is 0 Å². The third kappa shape index (κ3) is 4.03. The minimum atomic E-state index is -5.03. The Morgan fingerprint density at radius 2 is 1.56 bits per heavy atom. The minimum absolute atomic E-state index is 0.295. The zero-order chi connectivity index (χ0) is 20.2. The number of nitrogens with one attached hydrogen (secondary N) is 1. The molecule has 0 aromatic heterocycles. The molecule has 0 spiro atoms. The van der Waals surface area contributed by atoms with Gasteiger partial charge in [0.1, 0.15) is 0 Å². The van der Waals surface area contributed by atoms with Gasteiger partial charge >= 0.3 is 6.18 Å². The van der Waals surface area contributed by atoms with Gasteiger partial charge in [0.25, 0.3) is 11.5 Å². The predicted octanol–water partition coefficient (Wildman–Crippen LogP) is 3.79. The molecular formula is C20H20F3NO3. The lowest BCUT2D eigenvalue weighted by Crippen LogP contribution is -2.58. The van der Waals surface area contributed by atoms with E-state index in [9.17, 15) is 22.8 Å². The van der Waals surface area contributed by atoms with Crippen molar-refractivity contribution >= 4 is 11.7 Å². The zero-order valence-electron chi connectivity index (χ0n) is 15.1. The average Bonchev–Trinajstić information content (AvgIpc) is 2.62. The lowest BCUT2D eigenvalue weighted by Gasteiger charge is -2.34. The maximum atomic E-state index is 13.9. The van der Waals surface area contributed by atoms with Crippen LogP contribution in [0.15, 0.2) is 54.6 Å². The Labute approximate surface area is 155 Å². The molecule has 1 unspecified atom stereocenters. The number of hydrogen-bond acceptors (Lipinski definition) is 3. The van der Waals surface area contributed by atoms with E-state index in [-0.39, 0.29) is 5.56 Å². The van der Waals surface area contributed by atoms with E-state index in [4.69, 9.17) is 4.74 Å². The number of methoxy groups -OCH3 is 1. The fraction of sp³-hybridized carbons (Fsp3) is 0.300. The zero-order valence-corrected chi connectivity index (χ0v) is 15.1. The first-order valence-electron chi connectivity index (χ1n) is 8.22. The van der Waals surface area contributed by atoms with Gasteiger partial charge in [0.15, 0.2) is 5.78 Å². The molecule has 2 aromatic rings. The summed E-state index contributed by atoms with van der Waals surface area (Å²) in [5.41, 5.74) is -2.35. The van der Waals surface area contributed by atoms with E-state index >= 15 is 0 Å². The van der Waals surface area contributed by atoms with Crippen LogP contribution in [-0.4, -0.2) is 31.0 Å². The van der Waals surface area contributed by atoms with Crippen molar-refractivity contribution in [1.82, 2.24) is 5.32 Å². The number of benzene rings is 2. The Kier molecular flexibility index (Phi) is 6.05. The van der Waals surface area contributed by atoms with Gasteiger partial charge in [0.2, 0.25) is 0 Å². The Balaban J connectivity index is 2.33. The van der Waals surface area contributed by atoms with E-state index in [1.54, 1.807) is 24.3 Å². The number of rotatable bonds is 6. The second-order valence-electron chi connectivity index (χ2n) is 6.17. The van der Waals surface area contributed by atoms with Crippen molar-refractivity contribution in [2.24, 2.45) is 0 Å². The van der Waals surface area contributed by atoms with Crippen molar-refractivity contribution in [1.29, 1.82) is 0 Å². The van der Waals surface area contributed by atoms with E-state index in [2.05, 4.69) is 5.32 Å². The molecule has 0 bridgehead atoms. The van der Waals surface area contributed by atoms with Crippen molar-refractivity contribution in [2.75, 3.05) is 7.11 Å². The third-order valence-electron chi connectivity index (χ3n) is 4.28. The first-order chi connectivity index (χ1) is 12.6. The van der Waals surface area contributed by atoms with Crippen molar-refractivity contribution in [3.8, 4) is 0 Å². The largest absolute Gasteiger partial charge is 0.430 e. The molecule has 1 N–H and O–H groups in total. The number of amides is 1. The van der Waals surface area contributed by atoms with Crippen molar-refractivity contribution in [3.05, 3.63) is 71.3 Å². The van der Waals surface area contributed by atoms with E-state index < -0.39 is 29.5 Å². The summed E-state index contributed by atoms with van der Waals surface area (Å²) in [4.78, 5) is 25.1. The highest BCUT2D eigenvalue weighted by Crippen LogP contribution is 2.42. The normalized spacial score (nSPS) is 14.9. The van der Waals surface area contributed by atoms with Crippen LogP contribution in [0.3, 0.4) is 0 Å². The van der Waals surface area contributed by atoms with Gasteiger partial charge in [-0.25, -0.2) is 0 Å². The fourth-order valence-electron chi connectivity index (χ4n) is 2.75. The van der Waals surface area contributed by atoms with Gasteiger partial charge < -0.3 is 10.1 Å². The molecule has 2 atom stereocenters. The Bertz CT molecular complexity index is 803. The Morgan fingerprint density at radius 1 is 1.00 bits per heavy atom. The molecule has 0 fully saturated rings. The second kappa shape index (κ2) is 7.92. The van der Waals surface area contributed by atoms with Crippen LogP contribution in [0.5, 0.6) is 0 Å². The van der Waals surface area contributed by atoms with E-state index in [1.165, 1.54) is 25.1 Å². The maximum Gasteiger partial charge on any atom is 0.430 e. The molecule has 0 aliphatic carbocycles. The number of ether oxygens (including phenoxy) is 1. The van der Waals surface area contributed by atoms with E-state index in [0.717, 1.165) is 24.8 Å². The SMILES string of the molecule is COC(C(=O)N[C@@H](C)C(=O)c1ccc(C)cc1)(c1ccccc1)C(F)(F)F. The molecule has 1 amide bonds. The predicted molar refractivity (Wildman–Crippen MR) is 94.3 cm³/mol. The summed E-state index contributed by atoms with van der Waals surface area (Å²) in [5.74, 6) is -1.94. The first kappa shape index (κ1) is 20.6. The van der Waals surface area contributed by atoms with Gasteiger partial charge in [-0.1, -0.05) is 60.2 Å². The number of hydrogen-bond donors (Lipinski definition) is 1. The molecule has 0 aliphatic heterocycles. The van der Waals surface area contributed by atoms with Crippen LogP contribution in [-0.2, 0) is 15.1 Å². The number of alkyl halides is 3. The Hall–Kier alpha value is -2.67. The van der Waals surface area contributed by atoms with E-state index in [0.29, 0.717) is 5.56 Å². The molecule has 0 saturated carbocycles. The van der Waals surface area contributed by atoms with Crippen molar-refractivity contribution in [3.63, 3.8) is 0 Å². The molecule has 7 heteroatoms. The van der Waals surface area contributed by atoms with Gasteiger partial charge in [-0.3, -0.25) is 9.59 Å². The molecule has 2 rings (SSSR count). The highest BCUT2D eigenvalue weighted by Gasteiger charge is 2.62. The summed E-state index contributed by atoms with van der Waals surface area (Å²) < 4.78 is 46.3. The molecule has 144 valence electrons. The fourth-order valence-corrected chi connectivity index (χ4v) is 2.75. The number of aryl methyl sites for hydroxylation is 1. The van der Waals surface area contributed by atoms with Crippen LogP contribution in [0.1, 0.15) is 28.4 Å². The summed E-state index contributed by atoms with van der Waals surface area (Å²) in [6, 6.07) is 12.0. The number of carbonyl (C=O) groups excluding carboxylic acids is 2. The first-order valence-corrected chi connectivity index (χ1v) is 8.22. The topological polar surface area (TPSA) is 55.4 Å². The van der Waals surface area contributed by atoms with Crippen LogP contribution in [0.25, 0.3) is 0 Å². The number of Topliss-reactive ketones (excluding diaryl/α,β-unsaturated/α-hetero) is 1. The highest BCUT2D eigenvalue weighted by atomic mass is 19.4. The van der Waals surface area contributed by atoms with E-state index in [1.807, 2.05) is 6.92 Å². The second-order valence-corrected chi connectivity index (χ2v) is 6.17. The molecule has 4 nitrogen and oxygen atoms in total. The molecule has 0 saturated heterocycles. The number of carbonyl (C=O) groups is 2. The molecule has 27 heavy (non-hydrogen) atoms. The van der Waals surface area contributed by atoms with Gasteiger partial charge in [0.05, 0.1) is 6.04 Å². The summed E-state index contributed by atoms with van der Waals surface area (Å²) in [6.45, 7) is 3.18.